The molecule has 0 saturated heterocycles. The number of aromatic nitrogens is 4. The van der Waals surface area contributed by atoms with Crippen molar-refractivity contribution in [2.75, 3.05) is 13.1 Å². The second-order valence-corrected chi connectivity index (χ2v) is 4.56. The van der Waals surface area contributed by atoms with Crippen molar-refractivity contribution < 1.29 is 4.79 Å². The summed E-state index contributed by atoms with van der Waals surface area (Å²) in [5.74, 6) is 0.536. The smallest absolute Gasteiger partial charge is 0.336 e. The fourth-order valence-corrected chi connectivity index (χ4v) is 1.88. The zero-order valence-electron chi connectivity index (χ0n) is 12.3. The molecule has 0 radical (unpaired) electrons. The van der Waals surface area contributed by atoms with E-state index in [0.717, 1.165) is 5.56 Å². The van der Waals surface area contributed by atoms with Crippen LogP contribution in [0.1, 0.15) is 0 Å². The Hall–Kier alpha value is -2.90. The van der Waals surface area contributed by atoms with Gasteiger partial charge in [-0.3, -0.25) is 9.55 Å². The number of rotatable bonds is 6. The maximum Gasteiger partial charge on any atom is 0.345 e. The maximum atomic E-state index is 12.1. The van der Waals surface area contributed by atoms with Crippen molar-refractivity contribution >= 4 is 6.03 Å². The molecule has 0 aliphatic heterocycles. The van der Waals surface area contributed by atoms with Crippen LogP contribution < -0.4 is 16.3 Å². The summed E-state index contributed by atoms with van der Waals surface area (Å²) in [6.45, 7) is 4.48. The highest BCUT2D eigenvalue weighted by atomic mass is 16.2. The van der Waals surface area contributed by atoms with E-state index in [9.17, 15) is 9.59 Å². The highest BCUT2D eigenvalue weighted by molar-refractivity contribution is 5.73. The number of pyridine rings is 1. The molecule has 0 spiro atoms. The standard InChI is InChI=1S/C14H18N6O2/c1-3-6-16-13(21)17-8-9-20-14(22)19(2)12(18-20)11-5-4-7-15-10-11/h3-5,7,10H,1,6,8-9H2,2H3,(H2,16,17,21). The fraction of sp³-hybridized carbons (Fsp3) is 0.286. The van der Waals surface area contributed by atoms with Crippen LogP contribution in [0.4, 0.5) is 4.79 Å². The molecule has 8 heteroatoms. The summed E-state index contributed by atoms with van der Waals surface area (Å²) in [6.07, 6.45) is 4.89. The largest absolute Gasteiger partial charge is 0.345 e. The molecule has 8 nitrogen and oxygen atoms in total. The lowest BCUT2D eigenvalue weighted by Gasteiger charge is -2.05. The Labute approximate surface area is 127 Å². The molecule has 0 aliphatic rings. The number of hydrogen-bond donors (Lipinski definition) is 2. The Morgan fingerprint density at radius 2 is 2.27 bits per heavy atom. The van der Waals surface area contributed by atoms with E-state index in [0.29, 0.717) is 18.9 Å². The molecule has 2 amide bonds. The quantitative estimate of drug-likeness (QED) is 0.742. The van der Waals surface area contributed by atoms with E-state index in [1.807, 2.05) is 6.07 Å². The van der Waals surface area contributed by atoms with Crippen molar-refractivity contribution in [1.82, 2.24) is 30.0 Å². The van der Waals surface area contributed by atoms with E-state index in [1.165, 1.54) is 9.25 Å². The Kier molecular flexibility index (Phi) is 5.07. The molecule has 0 fully saturated rings. The minimum Gasteiger partial charge on any atom is -0.336 e. The van der Waals surface area contributed by atoms with Gasteiger partial charge in [-0.1, -0.05) is 6.08 Å². The highest BCUT2D eigenvalue weighted by Crippen LogP contribution is 2.12. The Bertz CT molecular complexity index is 704. The molecule has 2 N–H and O–H groups in total. The van der Waals surface area contributed by atoms with Crippen molar-refractivity contribution in [3.05, 3.63) is 47.7 Å². The Morgan fingerprint density at radius 3 is 2.95 bits per heavy atom. The maximum absolute atomic E-state index is 12.1. The van der Waals surface area contributed by atoms with Crippen LogP contribution in [0.25, 0.3) is 11.4 Å². The second kappa shape index (κ2) is 7.21. The number of carbonyl (C=O) groups is 1. The van der Waals surface area contributed by atoms with Crippen LogP contribution in [-0.4, -0.2) is 38.5 Å². The molecule has 0 aromatic carbocycles. The normalized spacial score (nSPS) is 10.2. The predicted octanol–water partition coefficient (Wildman–Crippen LogP) is 0.129. The average molecular weight is 302 g/mol. The van der Waals surface area contributed by atoms with E-state index in [2.05, 4.69) is 27.3 Å². The Balaban J connectivity index is 2.03. The zero-order chi connectivity index (χ0) is 15.9. The van der Waals surface area contributed by atoms with Gasteiger partial charge in [0.15, 0.2) is 5.82 Å². The third kappa shape index (κ3) is 3.60. The number of carbonyl (C=O) groups excluding carboxylic acids is 1. The lowest BCUT2D eigenvalue weighted by molar-refractivity contribution is 0.241. The number of nitrogens with zero attached hydrogens (tertiary/aromatic N) is 4. The summed E-state index contributed by atoms with van der Waals surface area (Å²) in [7, 11) is 1.65. The SMILES string of the molecule is C=CCNC(=O)NCCn1nc(-c2cccnc2)n(C)c1=O. The van der Waals surface area contributed by atoms with Gasteiger partial charge in [0, 0.05) is 38.1 Å². The van der Waals surface area contributed by atoms with Crippen molar-refractivity contribution in [1.29, 1.82) is 0 Å². The van der Waals surface area contributed by atoms with Crippen LogP contribution in [-0.2, 0) is 13.6 Å². The van der Waals surface area contributed by atoms with Crippen molar-refractivity contribution in [3.8, 4) is 11.4 Å². The molecule has 0 aliphatic carbocycles. The van der Waals surface area contributed by atoms with Crippen LogP contribution in [0.3, 0.4) is 0 Å². The summed E-state index contributed by atoms with van der Waals surface area (Å²) in [5.41, 5.74) is 0.518. The van der Waals surface area contributed by atoms with E-state index >= 15 is 0 Å². The molecular weight excluding hydrogens is 284 g/mol. The van der Waals surface area contributed by atoms with Gasteiger partial charge in [-0.2, -0.15) is 0 Å². The molecular formula is C14H18N6O2. The van der Waals surface area contributed by atoms with Gasteiger partial charge in [0.1, 0.15) is 0 Å². The molecule has 0 bridgehead atoms. The van der Waals surface area contributed by atoms with Crippen molar-refractivity contribution in [2.24, 2.45) is 7.05 Å². The molecule has 2 aromatic rings. The molecule has 116 valence electrons. The van der Waals surface area contributed by atoms with E-state index in [4.69, 9.17) is 0 Å². The first-order chi connectivity index (χ1) is 10.6. The minimum atomic E-state index is -0.309. The lowest BCUT2D eigenvalue weighted by Crippen LogP contribution is -2.38. The molecule has 2 rings (SSSR count). The van der Waals surface area contributed by atoms with E-state index in [-0.39, 0.29) is 18.3 Å². The predicted molar refractivity (Wildman–Crippen MR) is 82.3 cm³/mol. The minimum absolute atomic E-state index is 0.243. The summed E-state index contributed by atoms with van der Waals surface area (Å²) in [6, 6.07) is 3.31. The van der Waals surface area contributed by atoms with Crippen LogP contribution in [0, 0.1) is 0 Å². The van der Waals surface area contributed by atoms with Gasteiger partial charge >= 0.3 is 11.7 Å². The van der Waals surface area contributed by atoms with E-state index < -0.39 is 0 Å². The molecule has 2 heterocycles. The van der Waals surface area contributed by atoms with Crippen molar-refractivity contribution in [3.63, 3.8) is 0 Å². The van der Waals surface area contributed by atoms with Crippen LogP contribution in [0.5, 0.6) is 0 Å². The Morgan fingerprint density at radius 1 is 1.45 bits per heavy atom. The number of amides is 2. The molecule has 22 heavy (non-hydrogen) atoms. The van der Waals surface area contributed by atoms with Crippen LogP contribution >= 0.6 is 0 Å². The number of nitrogens with one attached hydrogen (secondary N) is 2. The number of hydrogen-bond acceptors (Lipinski definition) is 4. The van der Waals surface area contributed by atoms with Gasteiger partial charge < -0.3 is 10.6 Å². The first-order valence-corrected chi connectivity index (χ1v) is 6.80. The first kappa shape index (κ1) is 15.5. The summed E-state index contributed by atoms with van der Waals surface area (Å²) in [4.78, 5) is 27.5. The van der Waals surface area contributed by atoms with E-state index in [1.54, 1.807) is 31.6 Å². The monoisotopic (exact) mass is 302 g/mol. The van der Waals surface area contributed by atoms with Gasteiger partial charge in [-0.25, -0.2) is 14.3 Å². The van der Waals surface area contributed by atoms with Gasteiger partial charge in [-0.15, -0.1) is 11.7 Å². The molecule has 0 unspecified atom stereocenters. The number of urea groups is 1. The lowest BCUT2D eigenvalue weighted by atomic mass is 10.3. The average Bonchev–Trinajstić information content (AvgIpc) is 2.82. The summed E-state index contributed by atoms with van der Waals surface area (Å²) < 4.78 is 2.77. The first-order valence-electron chi connectivity index (χ1n) is 6.80. The molecule has 0 saturated carbocycles. The molecule has 0 atom stereocenters. The van der Waals surface area contributed by atoms with Crippen LogP contribution in [0.2, 0.25) is 0 Å². The van der Waals surface area contributed by atoms with Gasteiger partial charge in [0.05, 0.1) is 6.54 Å². The zero-order valence-corrected chi connectivity index (χ0v) is 12.3. The molecule has 2 aromatic heterocycles. The van der Waals surface area contributed by atoms with Crippen LogP contribution in [0.15, 0.2) is 42.0 Å². The third-order valence-corrected chi connectivity index (χ3v) is 2.98. The third-order valence-electron chi connectivity index (χ3n) is 2.98. The highest BCUT2D eigenvalue weighted by Gasteiger charge is 2.12. The van der Waals surface area contributed by atoms with Crippen molar-refractivity contribution in [2.45, 2.75) is 6.54 Å². The fourth-order valence-electron chi connectivity index (χ4n) is 1.88. The summed E-state index contributed by atoms with van der Waals surface area (Å²) in [5, 5.41) is 9.51. The van der Waals surface area contributed by atoms with Gasteiger partial charge in [0.25, 0.3) is 0 Å². The second-order valence-electron chi connectivity index (χ2n) is 4.56. The van der Waals surface area contributed by atoms with Gasteiger partial charge in [0.2, 0.25) is 0 Å². The van der Waals surface area contributed by atoms with Gasteiger partial charge in [-0.05, 0) is 12.1 Å². The topological polar surface area (TPSA) is 93.8 Å². The summed E-state index contributed by atoms with van der Waals surface area (Å²) >= 11 is 0.